The van der Waals surface area contributed by atoms with Gasteiger partial charge in [-0.1, -0.05) is 6.07 Å². The minimum absolute atomic E-state index is 0. The first kappa shape index (κ1) is 15.0. The van der Waals surface area contributed by atoms with E-state index in [4.69, 9.17) is 10.2 Å². The number of aromatic carboxylic acids is 1. The van der Waals surface area contributed by atoms with Crippen molar-refractivity contribution >= 4 is 65.1 Å². The van der Waals surface area contributed by atoms with Gasteiger partial charge in [0.1, 0.15) is 5.75 Å². The van der Waals surface area contributed by atoms with Crippen LogP contribution >= 0.6 is 0 Å². The van der Waals surface area contributed by atoms with E-state index in [1.165, 1.54) is 24.3 Å². The predicted molar refractivity (Wildman–Crippen MR) is 49.4 cm³/mol. The monoisotopic (exact) mass is 186 g/mol. The molecule has 3 nitrogen and oxygen atoms in total. The minimum atomic E-state index is -1.03. The standard InChI is InChI=1S/C7H6O3.2Na.2H/c8-6-3-1-2-5(4-6)7(9)10;;;;/h1-4,8H,(H,9,10);;;;. The second kappa shape index (κ2) is 6.95. The van der Waals surface area contributed by atoms with Gasteiger partial charge in [0.05, 0.1) is 5.56 Å². The molecule has 1 rings (SSSR count). The zero-order chi connectivity index (χ0) is 7.56. The van der Waals surface area contributed by atoms with Gasteiger partial charge in [0.25, 0.3) is 0 Å². The van der Waals surface area contributed by atoms with Crippen LogP contribution in [0.2, 0.25) is 0 Å². The summed E-state index contributed by atoms with van der Waals surface area (Å²) in [5.41, 5.74) is 0.0972. The van der Waals surface area contributed by atoms with Crippen LogP contribution in [0.3, 0.4) is 0 Å². The summed E-state index contributed by atoms with van der Waals surface area (Å²) in [6, 6.07) is 5.52. The fourth-order valence-corrected chi connectivity index (χ4v) is 0.639. The van der Waals surface area contributed by atoms with Gasteiger partial charge in [-0.2, -0.15) is 0 Å². The van der Waals surface area contributed by atoms with Gasteiger partial charge in [-0.25, -0.2) is 4.79 Å². The number of carbonyl (C=O) groups is 1. The molecule has 0 atom stereocenters. The quantitative estimate of drug-likeness (QED) is 0.597. The van der Waals surface area contributed by atoms with E-state index in [1.54, 1.807) is 0 Å². The number of rotatable bonds is 1. The molecule has 2 N–H and O–H groups in total. The van der Waals surface area contributed by atoms with Crippen molar-refractivity contribution in [3.8, 4) is 5.75 Å². The first-order chi connectivity index (χ1) is 4.70. The van der Waals surface area contributed by atoms with E-state index >= 15 is 0 Å². The third-order valence-electron chi connectivity index (χ3n) is 1.09. The van der Waals surface area contributed by atoms with Crippen LogP contribution in [-0.2, 0) is 0 Å². The fraction of sp³-hybridized carbons (Fsp3) is 0. The topological polar surface area (TPSA) is 57.5 Å². The van der Waals surface area contributed by atoms with Crippen molar-refractivity contribution in [3.63, 3.8) is 0 Å². The van der Waals surface area contributed by atoms with Crippen molar-refractivity contribution in [2.24, 2.45) is 0 Å². The molecular formula is C7H8Na2O3. The van der Waals surface area contributed by atoms with Crippen LogP contribution in [0.25, 0.3) is 0 Å². The normalized spacial score (nSPS) is 7.67. The summed E-state index contributed by atoms with van der Waals surface area (Å²) < 4.78 is 0. The predicted octanol–water partition coefficient (Wildman–Crippen LogP) is -0.207. The number of aromatic hydroxyl groups is 1. The second-order valence-corrected chi connectivity index (χ2v) is 1.86. The van der Waals surface area contributed by atoms with Gasteiger partial charge in [0.2, 0.25) is 0 Å². The molecule has 5 heteroatoms. The average molecular weight is 186 g/mol. The Bertz CT molecular complexity index is 263. The molecule has 1 aromatic rings. The number of hydrogen-bond donors (Lipinski definition) is 2. The molecule has 0 aliphatic rings. The molecule has 56 valence electrons. The van der Waals surface area contributed by atoms with E-state index in [1.807, 2.05) is 0 Å². The molecule has 0 aromatic heterocycles. The van der Waals surface area contributed by atoms with E-state index < -0.39 is 5.97 Å². The molecule has 0 bridgehead atoms. The summed E-state index contributed by atoms with van der Waals surface area (Å²) in [5, 5.41) is 17.2. The Balaban J connectivity index is 0. The van der Waals surface area contributed by atoms with Crippen molar-refractivity contribution in [2.45, 2.75) is 0 Å². The van der Waals surface area contributed by atoms with Gasteiger partial charge in [0.15, 0.2) is 0 Å². The van der Waals surface area contributed by atoms with E-state index in [0.29, 0.717) is 0 Å². The number of carboxylic acids is 1. The second-order valence-electron chi connectivity index (χ2n) is 1.86. The van der Waals surface area contributed by atoms with Crippen LogP contribution in [0.5, 0.6) is 5.75 Å². The summed E-state index contributed by atoms with van der Waals surface area (Å²) >= 11 is 0. The van der Waals surface area contributed by atoms with Crippen LogP contribution < -0.4 is 0 Å². The molecular weight excluding hydrogens is 178 g/mol. The molecule has 0 saturated heterocycles. The zero-order valence-electron chi connectivity index (χ0n) is 5.11. The molecule has 0 spiro atoms. The van der Waals surface area contributed by atoms with Crippen molar-refractivity contribution in [2.75, 3.05) is 0 Å². The van der Waals surface area contributed by atoms with Crippen molar-refractivity contribution in [1.29, 1.82) is 0 Å². The maximum atomic E-state index is 10.2. The molecule has 0 unspecified atom stereocenters. The summed E-state index contributed by atoms with van der Waals surface area (Å²) in [6.45, 7) is 0. The third kappa shape index (κ3) is 4.50. The molecule has 1 aromatic carbocycles. The third-order valence-corrected chi connectivity index (χ3v) is 1.09. The van der Waals surface area contributed by atoms with Crippen LogP contribution in [0.4, 0.5) is 0 Å². The van der Waals surface area contributed by atoms with Gasteiger partial charge < -0.3 is 10.2 Å². The first-order valence-corrected chi connectivity index (χ1v) is 2.72. The van der Waals surface area contributed by atoms with Crippen LogP contribution in [0, 0.1) is 0 Å². The Morgan fingerprint density at radius 1 is 1.25 bits per heavy atom. The Hall–Kier alpha value is 0.490. The van der Waals surface area contributed by atoms with Gasteiger partial charge >= 0.3 is 65.1 Å². The molecule has 0 amide bonds. The number of phenols is 1. The van der Waals surface area contributed by atoms with E-state index in [-0.39, 0.29) is 70.4 Å². The van der Waals surface area contributed by atoms with Gasteiger partial charge in [-0.05, 0) is 18.2 Å². The van der Waals surface area contributed by atoms with Gasteiger partial charge in [0, 0.05) is 0 Å². The van der Waals surface area contributed by atoms with Crippen molar-refractivity contribution < 1.29 is 15.0 Å². The van der Waals surface area contributed by atoms with Crippen LogP contribution in [0.15, 0.2) is 24.3 Å². The molecule has 0 aliphatic carbocycles. The molecule has 0 aliphatic heterocycles. The van der Waals surface area contributed by atoms with Crippen LogP contribution in [-0.4, -0.2) is 75.3 Å². The number of benzene rings is 1. The summed E-state index contributed by atoms with van der Waals surface area (Å²) in [6.07, 6.45) is 0. The Morgan fingerprint density at radius 2 is 1.83 bits per heavy atom. The number of hydrogen-bond acceptors (Lipinski definition) is 2. The van der Waals surface area contributed by atoms with Crippen LogP contribution in [0.1, 0.15) is 10.4 Å². The summed E-state index contributed by atoms with van der Waals surface area (Å²) in [4.78, 5) is 10.2. The fourth-order valence-electron chi connectivity index (χ4n) is 0.639. The number of phenolic OH excluding ortho intramolecular Hbond substituents is 1. The Kier molecular flexibility index (Phi) is 8.68. The Labute approximate surface area is 114 Å². The molecule has 0 saturated carbocycles. The Morgan fingerprint density at radius 3 is 2.17 bits per heavy atom. The first-order valence-electron chi connectivity index (χ1n) is 2.72. The average Bonchev–Trinajstić information content (AvgIpc) is 1.88. The zero-order valence-corrected chi connectivity index (χ0v) is 5.11. The van der Waals surface area contributed by atoms with Gasteiger partial charge in [-0.3, -0.25) is 0 Å². The molecule has 12 heavy (non-hydrogen) atoms. The van der Waals surface area contributed by atoms with Gasteiger partial charge in [-0.15, -0.1) is 0 Å². The SMILES string of the molecule is O=C(O)c1cccc(O)c1.[NaH].[NaH]. The van der Waals surface area contributed by atoms with Crippen molar-refractivity contribution in [3.05, 3.63) is 29.8 Å². The van der Waals surface area contributed by atoms with Crippen molar-refractivity contribution in [1.82, 2.24) is 0 Å². The summed E-state index contributed by atoms with van der Waals surface area (Å²) in [7, 11) is 0. The molecule has 0 fully saturated rings. The number of carboxylic acid groups (broad SMARTS) is 1. The van der Waals surface area contributed by atoms with E-state index in [2.05, 4.69) is 0 Å². The molecule has 0 heterocycles. The summed E-state index contributed by atoms with van der Waals surface area (Å²) in [5.74, 6) is -1.06. The van der Waals surface area contributed by atoms with E-state index in [9.17, 15) is 4.79 Å². The maximum absolute atomic E-state index is 10.2. The van der Waals surface area contributed by atoms with E-state index in [0.717, 1.165) is 0 Å². The molecule has 0 radical (unpaired) electrons.